The van der Waals surface area contributed by atoms with Gasteiger partial charge >= 0.3 is 0 Å². The third-order valence-corrected chi connectivity index (χ3v) is 1.43. The molecule has 3 heteroatoms. The number of amides is 1. The van der Waals surface area contributed by atoms with Crippen LogP contribution in [0.1, 0.15) is 20.3 Å². The van der Waals surface area contributed by atoms with E-state index in [-0.39, 0.29) is 12.5 Å². The molecule has 0 rings (SSSR count). The largest absolute Gasteiger partial charge is 0.344 e. The van der Waals surface area contributed by atoms with Crippen molar-refractivity contribution in [1.82, 2.24) is 5.32 Å². The van der Waals surface area contributed by atoms with E-state index < -0.39 is 6.04 Å². The fourth-order valence-electron chi connectivity index (χ4n) is 0.884. The van der Waals surface area contributed by atoms with E-state index in [1.807, 2.05) is 13.8 Å². The minimum Gasteiger partial charge on any atom is -0.344 e. The second-order valence-corrected chi connectivity index (χ2v) is 3.16. The van der Waals surface area contributed by atoms with Crippen LogP contribution in [0.15, 0.2) is 0 Å². The van der Waals surface area contributed by atoms with Crippen LogP contribution in [0, 0.1) is 18.3 Å². The van der Waals surface area contributed by atoms with Gasteiger partial charge in [-0.25, -0.2) is 0 Å². The van der Waals surface area contributed by atoms with Gasteiger partial charge in [0, 0.05) is 0 Å². The third kappa shape index (κ3) is 4.75. The van der Waals surface area contributed by atoms with Crippen LogP contribution in [0.4, 0.5) is 0 Å². The van der Waals surface area contributed by atoms with E-state index >= 15 is 0 Å². The molecule has 0 bridgehead atoms. The average molecular weight is 168 g/mol. The summed E-state index contributed by atoms with van der Waals surface area (Å²) in [6, 6.07) is -0.432. The molecule has 0 saturated carbocycles. The zero-order valence-corrected chi connectivity index (χ0v) is 7.63. The van der Waals surface area contributed by atoms with Crippen molar-refractivity contribution in [2.24, 2.45) is 11.7 Å². The second kappa shape index (κ2) is 5.62. The predicted molar refractivity (Wildman–Crippen MR) is 49.3 cm³/mol. The van der Waals surface area contributed by atoms with Crippen LogP contribution in [0.2, 0.25) is 0 Å². The molecule has 0 spiro atoms. The second-order valence-electron chi connectivity index (χ2n) is 3.16. The average Bonchev–Trinajstić information content (AvgIpc) is 1.98. The van der Waals surface area contributed by atoms with Gasteiger partial charge in [0.05, 0.1) is 12.6 Å². The minimum atomic E-state index is -0.432. The van der Waals surface area contributed by atoms with Crippen molar-refractivity contribution in [1.29, 1.82) is 0 Å². The number of nitrogens with two attached hydrogens (primary N) is 1. The zero-order chi connectivity index (χ0) is 9.56. The highest BCUT2D eigenvalue weighted by molar-refractivity contribution is 5.81. The maximum Gasteiger partial charge on any atom is 0.237 e. The van der Waals surface area contributed by atoms with Crippen LogP contribution < -0.4 is 11.1 Å². The van der Waals surface area contributed by atoms with E-state index in [0.717, 1.165) is 0 Å². The van der Waals surface area contributed by atoms with Crippen LogP contribution in [-0.2, 0) is 4.79 Å². The summed E-state index contributed by atoms with van der Waals surface area (Å²) in [7, 11) is 0. The van der Waals surface area contributed by atoms with E-state index in [0.29, 0.717) is 12.3 Å². The fourth-order valence-corrected chi connectivity index (χ4v) is 0.884. The standard InChI is InChI=1S/C9H16N2O/c1-4-5-11-9(12)8(10)6-7(2)3/h1,7-8H,5-6,10H2,2-3H3,(H,11,12). The molecule has 3 nitrogen and oxygen atoms in total. The summed E-state index contributed by atoms with van der Waals surface area (Å²) in [5.41, 5.74) is 5.58. The van der Waals surface area contributed by atoms with Gasteiger partial charge in [0.25, 0.3) is 0 Å². The summed E-state index contributed by atoms with van der Waals surface area (Å²) in [6.07, 6.45) is 5.66. The molecular weight excluding hydrogens is 152 g/mol. The van der Waals surface area contributed by atoms with Crippen LogP contribution >= 0.6 is 0 Å². The molecule has 1 unspecified atom stereocenters. The first kappa shape index (κ1) is 11.0. The van der Waals surface area contributed by atoms with Gasteiger partial charge in [0.2, 0.25) is 5.91 Å². The molecular formula is C9H16N2O. The van der Waals surface area contributed by atoms with Crippen molar-refractivity contribution in [3.8, 4) is 12.3 Å². The van der Waals surface area contributed by atoms with Gasteiger partial charge in [-0.2, -0.15) is 0 Å². The third-order valence-electron chi connectivity index (χ3n) is 1.43. The predicted octanol–water partition coefficient (Wildman–Crippen LogP) is 0.109. The molecule has 0 aromatic heterocycles. The Morgan fingerprint density at radius 1 is 1.67 bits per heavy atom. The fraction of sp³-hybridized carbons (Fsp3) is 0.667. The van der Waals surface area contributed by atoms with Gasteiger partial charge < -0.3 is 11.1 Å². The number of rotatable bonds is 4. The molecule has 0 aliphatic carbocycles. The number of hydrogen-bond acceptors (Lipinski definition) is 2. The van der Waals surface area contributed by atoms with Crippen molar-refractivity contribution in [2.45, 2.75) is 26.3 Å². The first-order chi connectivity index (χ1) is 5.57. The molecule has 3 N–H and O–H groups in total. The first-order valence-corrected chi connectivity index (χ1v) is 4.04. The van der Waals surface area contributed by atoms with Gasteiger partial charge in [0.15, 0.2) is 0 Å². The molecule has 0 fully saturated rings. The van der Waals surface area contributed by atoms with Crippen molar-refractivity contribution >= 4 is 5.91 Å². The lowest BCUT2D eigenvalue weighted by Crippen LogP contribution is -2.41. The van der Waals surface area contributed by atoms with Crippen molar-refractivity contribution in [3.63, 3.8) is 0 Å². The highest BCUT2D eigenvalue weighted by Gasteiger charge is 2.13. The summed E-state index contributed by atoms with van der Waals surface area (Å²) < 4.78 is 0. The Morgan fingerprint density at radius 3 is 2.67 bits per heavy atom. The summed E-state index contributed by atoms with van der Waals surface area (Å²) in [5, 5.41) is 2.54. The lowest BCUT2D eigenvalue weighted by molar-refractivity contribution is -0.122. The summed E-state index contributed by atoms with van der Waals surface area (Å²) in [6.45, 7) is 4.30. The Morgan fingerprint density at radius 2 is 2.25 bits per heavy atom. The number of hydrogen-bond donors (Lipinski definition) is 2. The Hall–Kier alpha value is -1.01. The molecule has 0 saturated heterocycles. The molecule has 1 atom stereocenters. The normalized spacial score (nSPS) is 12.2. The van der Waals surface area contributed by atoms with E-state index in [1.54, 1.807) is 0 Å². The Kier molecular flexibility index (Phi) is 5.14. The summed E-state index contributed by atoms with van der Waals surface area (Å²) >= 11 is 0. The van der Waals surface area contributed by atoms with Gasteiger partial charge in [-0.1, -0.05) is 19.8 Å². The maximum absolute atomic E-state index is 11.1. The zero-order valence-electron chi connectivity index (χ0n) is 7.63. The van der Waals surface area contributed by atoms with E-state index in [2.05, 4.69) is 11.2 Å². The maximum atomic E-state index is 11.1. The SMILES string of the molecule is C#CCNC(=O)C(N)CC(C)C. The van der Waals surface area contributed by atoms with Crippen LogP contribution in [0.5, 0.6) is 0 Å². The lowest BCUT2D eigenvalue weighted by atomic mass is 10.0. The van der Waals surface area contributed by atoms with Crippen molar-refractivity contribution in [3.05, 3.63) is 0 Å². The molecule has 1 amide bonds. The molecule has 0 aliphatic rings. The smallest absolute Gasteiger partial charge is 0.237 e. The topological polar surface area (TPSA) is 55.1 Å². The van der Waals surface area contributed by atoms with Crippen LogP contribution in [0.3, 0.4) is 0 Å². The minimum absolute atomic E-state index is 0.165. The van der Waals surface area contributed by atoms with Gasteiger partial charge in [-0.05, 0) is 12.3 Å². The molecule has 68 valence electrons. The van der Waals surface area contributed by atoms with E-state index in [1.165, 1.54) is 0 Å². The van der Waals surface area contributed by atoms with Crippen LogP contribution in [-0.4, -0.2) is 18.5 Å². The van der Waals surface area contributed by atoms with Gasteiger partial charge in [-0.3, -0.25) is 4.79 Å². The molecule has 0 heterocycles. The van der Waals surface area contributed by atoms with E-state index in [4.69, 9.17) is 12.2 Å². The Labute approximate surface area is 73.7 Å². The Balaban J connectivity index is 3.70. The van der Waals surface area contributed by atoms with Crippen LogP contribution in [0.25, 0.3) is 0 Å². The molecule has 12 heavy (non-hydrogen) atoms. The molecule has 0 aromatic rings. The quantitative estimate of drug-likeness (QED) is 0.585. The number of carbonyl (C=O) groups excluding carboxylic acids is 1. The lowest BCUT2D eigenvalue weighted by Gasteiger charge is -2.12. The summed E-state index contributed by atoms with van der Waals surface area (Å²) in [4.78, 5) is 11.1. The molecule has 0 aliphatic heterocycles. The van der Waals surface area contributed by atoms with E-state index in [9.17, 15) is 4.79 Å². The highest BCUT2D eigenvalue weighted by Crippen LogP contribution is 2.01. The Bertz CT molecular complexity index is 181. The van der Waals surface area contributed by atoms with Crippen molar-refractivity contribution in [2.75, 3.05) is 6.54 Å². The molecule has 0 radical (unpaired) electrons. The monoisotopic (exact) mass is 168 g/mol. The number of terminal acetylenes is 1. The first-order valence-electron chi connectivity index (χ1n) is 4.04. The van der Waals surface area contributed by atoms with Gasteiger partial charge in [0.1, 0.15) is 0 Å². The number of nitrogens with one attached hydrogen (secondary N) is 1. The highest BCUT2D eigenvalue weighted by atomic mass is 16.2. The number of carbonyl (C=O) groups is 1. The van der Waals surface area contributed by atoms with Gasteiger partial charge in [-0.15, -0.1) is 6.42 Å². The van der Waals surface area contributed by atoms with Crippen molar-refractivity contribution < 1.29 is 4.79 Å². The summed E-state index contributed by atoms with van der Waals surface area (Å²) in [5.74, 6) is 2.58. The molecule has 0 aromatic carbocycles.